The van der Waals surface area contributed by atoms with Crippen LogP contribution in [0.5, 0.6) is 11.5 Å². The Hall–Kier alpha value is -1.55. The quantitative estimate of drug-likeness (QED) is 0.680. The van der Waals surface area contributed by atoms with Crippen molar-refractivity contribution in [1.82, 2.24) is 4.31 Å². The zero-order chi connectivity index (χ0) is 21.2. The van der Waals surface area contributed by atoms with Crippen molar-refractivity contribution < 1.29 is 27.7 Å². The highest BCUT2D eigenvalue weighted by Crippen LogP contribution is 2.40. The summed E-state index contributed by atoms with van der Waals surface area (Å²) in [5.74, 6) is 0.731. The van der Waals surface area contributed by atoms with Gasteiger partial charge in [-0.2, -0.15) is 4.31 Å². The third-order valence-electron chi connectivity index (χ3n) is 4.87. The van der Waals surface area contributed by atoms with Crippen LogP contribution in [0.15, 0.2) is 41.3 Å². The van der Waals surface area contributed by atoms with Crippen molar-refractivity contribution in [2.24, 2.45) is 0 Å². The van der Waals surface area contributed by atoms with E-state index in [4.69, 9.17) is 37.4 Å². The van der Waals surface area contributed by atoms with Gasteiger partial charge in [0.1, 0.15) is 12.3 Å². The molecule has 1 aliphatic heterocycles. The molecule has 1 saturated heterocycles. The van der Waals surface area contributed by atoms with E-state index in [0.29, 0.717) is 27.1 Å². The number of hydrogen-bond donors (Lipinski definition) is 1. The summed E-state index contributed by atoms with van der Waals surface area (Å²) in [6, 6.07) is 9.35. The van der Waals surface area contributed by atoms with Crippen molar-refractivity contribution in [3.05, 3.63) is 52.0 Å². The molecule has 10 heteroatoms. The summed E-state index contributed by atoms with van der Waals surface area (Å²) >= 11 is 12.1. The minimum atomic E-state index is -3.88. The van der Waals surface area contributed by atoms with Crippen LogP contribution in [0.2, 0.25) is 10.0 Å². The molecule has 7 nitrogen and oxygen atoms in total. The summed E-state index contributed by atoms with van der Waals surface area (Å²) in [5.41, 5.74) is -0.391. The highest BCUT2D eigenvalue weighted by molar-refractivity contribution is 7.89. The van der Waals surface area contributed by atoms with E-state index >= 15 is 0 Å². The molecule has 0 unspecified atom stereocenters. The van der Waals surface area contributed by atoms with Crippen LogP contribution in [0.3, 0.4) is 0 Å². The molecule has 0 aliphatic carbocycles. The lowest BCUT2D eigenvalue weighted by molar-refractivity contribution is -0.0135. The second kappa shape index (κ2) is 8.67. The smallest absolute Gasteiger partial charge is 0.245 e. The van der Waals surface area contributed by atoms with Gasteiger partial charge in [0.15, 0.2) is 11.5 Å². The van der Waals surface area contributed by atoms with Gasteiger partial charge in [0, 0.05) is 25.6 Å². The topological polar surface area (TPSA) is 85.3 Å². The van der Waals surface area contributed by atoms with Gasteiger partial charge in [-0.1, -0.05) is 29.3 Å². The molecule has 158 valence electrons. The first kappa shape index (κ1) is 22.1. The van der Waals surface area contributed by atoms with Crippen molar-refractivity contribution in [2.45, 2.75) is 16.9 Å². The number of methoxy groups -OCH3 is 2. The summed E-state index contributed by atoms with van der Waals surface area (Å²) in [6.07, 6.45) is 0.197. The number of nitrogens with zero attached hydrogens (tertiary/aromatic N) is 1. The Kier molecular flexibility index (Phi) is 6.62. The normalized spacial score (nSPS) is 20.0. The second-order valence-electron chi connectivity index (χ2n) is 6.50. The number of aliphatic hydroxyl groups is 1. The first-order valence-corrected chi connectivity index (χ1v) is 10.9. The van der Waals surface area contributed by atoms with E-state index in [2.05, 4.69) is 0 Å². The fourth-order valence-electron chi connectivity index (χ4n) is 3.28. The molecule has 0 aromatic heterocycles. The summed E-state index contributed by atoms with van der Waals surface area (Å²) in [5, 5.41) is 10.3. The Balaban J connectivity index is 1.95. The van der Waals surface area contributed by atoms with Gasteiger partial charge in [-0.05, 0) is 29.8 Å². The average Bonchev–Trinajstić information content (AvgIpc) is 3.16. The van der Waals surface area contributed by atoms with Crippen LogP contribution in [0.1, 0.15) is 12.0 Å². The molecule has 0 amide bonds. The predicted octanol–water partition coefficient (Wildman–Crippen LogP) is 3.27. The van der Waals surface area contributed by atoms with E-state index in [1.54, 1.807) is 18.2 Å². The maximum absolute atomic E-state index is 13.2. The fraction of sp³-hybridized carbons (Fsp3) is 0.368. The van der Waals surface area contributed by atoms with Gasteiger partial charge in [-0.15, -0.1) is 0 Å². The van der Waals surface area contributed by atoms with Gasteiger partial charge in [0.2, 0.25) is 10.0 Å². The molecule has 1 aliphatic rings. The Morgan fingerprint density at radius 2 is 1.83 bits per heavy atom. The fourth-order valence-corrected chi connectivity index (χ4v) is 4.94. The summed E-state index contributed by atoms with van der Waals surface area (Å²) in [4.78, 5) is 0.0488. The van der Waals surface area contributed by atoms with Gasteiger partial charge >= 0.3 is 0 Å². The number of aliphatic hydroxyl groups excluding tert-OH is 1. The lowest BCUT2D eigenvalue weighted by Gasteiger charge is -2.28. The monoisotopic (exact) mass is 461 g/mol. The van der Waals surface area contributed by atoms with Crippen LogP contribution >= 0.6 is 23.2 Å². The van der Waals surface area contributed by atoms with Crippen LogP contribution in [0.4, 0.5) is 0 Å². The predicted molar refractivity (Wildman–Crippen MR) is 109 cm³/mol. The molecule has 0 saturated carbocycles. The Morgan fingerprint density at radius 3 is 2.45 bits per heavy atom. The van der Waals surface area contributed by atoms with E-state index in [1.165, 1.54) is 36.7 Å². The Labute approximate surface area is 179 Å². The van der Waals surface area contributed by atoms with Gasteiger partial charge in [0.25, 0.3) is 0 Å². The van der Waals surface area contributed by atoms with E-state index < -0.39 is 15.6 Å². The Morgan fingerprint density at radius 1 is 1.10 bits per heavy atom. The lowest BCUT2D eigenvalue weighted by atomic mass is 9.91. The largest absolute Gasteiger partial charge is 0.493 e. The van der Waals surface area contributed by atoms with E-state index in [9.17, 15) is 13.5 Å². The average molecular weight is 462 g/mol. The molecule has 2 aromatic carbocycles. The van der Waals surface area contributed by atoms with Gasteiger partial charge in [0.05, 0.1) is 29.2 Å². The van der Waals surface area contributed by atoms with Crippen molar-refractivity contribution in [3.8, 4) is 11.5 Å². The lowest BCUT2D eigenvalue weighted by Crippen LogP contribution is -2.35. The molecule has 3 rings (SSSR count). The van der Waals surface area contributed by atoms with Gasteiger partial charge < -0.3 is 19.3 Å². The van der Waals surface area contributed by atoms with Crippen LogP contribution in [-0.2, 0) is 20.4 Å². The summed E-state index contributed by atoms with van der Waals surface area (Å²) < 4.78 is 43.9. The summed E-state index contributed by atoms with van der Waals surface area (Å²) in [6.45, 7) is -0.344. The number of halogens is 2. The molecular weight excluding hydrogens is 441 g/mol. The first-order chi connectivity index (χ1) is 13.8. The maximum Gasteiger partial charge on any atom is 0.245 e. The summed E-state index contributed by atoms with van der Waals surface area (Å²) in [7, 11) is -0.972. The third kappa shape index (κ3) is 4.19. The first-order valence-electron chi connectivity index (χ1n) is 8.70. The van der Waals surface area contributed by atoms with Crippen molar-refractivity contribution >= 4 is 33.2 Å². The van der Waals surface area contributed by atoms with Gasteiger partial charge in [-0.3, -0.25) is 0 Å². The zero-order valence-corrected chi connectivity index (χ0v) is 18.2. The molecule has 0 radical (unpaired) electrons. The maximum atomic E-state index is 13.2. The van der Waals surface area contributed by atoms with Crippen LogP contribution < -0.4 is 9.47 Å². The molecule has 1 heterocycles. The highest BCUT2D eigenvalue weighted by Gasteiger charge is 2.45. The molecule has 1 fully saturated rings. The molecule has 2 aromatic rings. The van der Waals surface area contributed by atoms with Crippen LogP contribution in [0.25, 0.3) is 0 Å². The SMILES string of the molecule is COc1ccc(S(=O)(=O)N2CO[C@](CCO)(c3ccc(Cl)c(Cl)c3)C2)cc1OC. The third-order valence-corrected chi connectivity index (χ3v) is 7.37. The molecule has 1 atom stereocenters. The molecule has 0 spiro atoms. The van der Waals surface area contributed by atoms with E-state index in [0.717, 1.165) is 0 Å². The molecule has 0 bridgehead atoms. The number of ether oxygens (including phenoxy) is 3. The number of sulfonamides is 1. The minimum absolute atomic E-state index is 0.0161. The second-order valence-corrected chi connectivity index (χ2v) is 9.25. The molecule has 29 heavy (non-hydrogen) atoms. The number of benzene rings is 2. The zero-order valence-electron chi connectivity index (χ0n) is 15.9. The van der Waals surface area contributed by atoms with Crippen LogP contribution in [0, 0.1) is 0 Å². The Bertz CT molecular complexity index is 1000. The van der Waals surface area contributed by atoms with E-state index in [1.807, 2.05) is 0 Å². The molecule has 1 N–H and O–H groups in total. The van der Waals surface area contributed by atoms with Crippen LogP contribution in [-0.4, -0.2) is 51.9 Å². The van der Waals surface area contributed by atoms with Crippen molar-refractivity contribution in [2.75, 3.05) is 34.1 Å². The minimum Gasteiger partial charge on any atom is -0.493 e. The van der Waals surface area contributed by atoms with E-state index in [-0.39, 0.29) is 31.2 Å². The number of hydrogen-bond acceptors (Lipinski definition) is 6. The standard InChI is InChI=1S/C19H21Cl2NO6S/c1-26-17-6-4-14(10-18(17)27-2)29(24,25)22-11-19(7-8-23,28-12-22)13-3-5-15(20)16(21)9-13/h3-6,9-10,23H,7-8,11-12H2,1-2H3/t19-/m0/s1. The number of rotatable bonds is 7. The van der Waals surface area contributed by atoms with Crippen molar-refractivity contribution in [3.63, 3.8) is 0 Å². The van der Waals surface area contributed by atoms with Crippen molar-refractivity contribution in [1.29, 1.82) is 0 Å². The highest BCUT2D eigenvalue weighted by atomic mass is 35.5. The molecular formula is C19H21Cl2NO6S. The van der Waals surface area contributed by atoms with Gasteiger partial charge in [-0.25, -0.2) is 8.42 Å².